The van der Waals surface area contributed by atoms with Gasteiger partial charge in [0.2, 0.25) is 0 Å². The zero-order valence-electron chi connectivity index (χ0n) is 22.8. The molecule has 1 N–H and O–H groups in total. The summed E-state index contributed by atoms with van der Waals surface area (Å²) < 4.78 is 0. The number of rotatable bonds is 5. The van der Waals surface area contributed by atoms with Gasteiger partial charge in [0.05, 0.1) is 5.60 Å². The van der Waals surface area contributed by atoms with Gasteiger partial charge in [-0.2, -0.15) is 0 Å². The Morgan fingerprint density at radius 3 is 2.25 bits per heavy atom. The van der Waals surface area contributed by atoms with E-state index < -0.39 is 5.60 Å². The van der Waals surface area contributed by atoms with Crippen LogP contribution in [0, 0.1) is 51.2 Å². The van der Waals surface area contributed by atoms with Crippen LogP contribution in [0.15, 0.2) is 12.2 Å². The Hall–Kier alpha value is -0.300. The molecule has 4 rings (SSSR count). The minimum atomic E-state index is -0.538. The standard InChI is InChI=1S/C31H54O/c1-21(2)22(3)13-20-31(9,32)24-14-18-29(7)23(24)11-12-26-28(6)17-10-16-27(4,5)25(28)15-19-30(26,29)8/h22-26,32H,1,10-20H2,2-9H3/t22?,23-,24+,25+,26-,28+,29-,30-,31-/m1/s1. The van der Waals surface area contributed by atoms with Gasteiger partial charge in [-0.25, -0.2) is 0 Å². The molecule has 1 unspecified atom stereocenters. The summed E-state index contributed by atoms with van der Waals surface area (Å²) in [5.74, 6) is 3.42. The van der Waals surface area contributed by atoms with E-state index in [0.717, 1.165) is 24.7 Å². The maximum atomic E-state index is 11.8. The van der Waals surface area contributed by atoms with Crippen molar-refractivity contribution in [3.63, 3.8) is 0 Å². The summed E-state index contributed by atoms with van der Waals surface area (Å²) in [4.78, 5) is 0. The monoisotopic (exact) mass is 442 g/mol. The average Bonchev–Trinajstić information content (AvgIpc) is 3.04. The Labute approximate surface area is 200 Å². The fourth-order valence-electron chi connectivity index (χ4n) is 10.5. The number of hydrogen-bond donors (Lipinski definition) is 1. The molecule has 9 atom stereocenters. The van der Waals surface area contributed by atoms with E-state index in [1.165, 1.54) is 63.4 Å². The van der Waals surface area contributed by atoms with Gasteiger partial charge in [-0.05, 0) is 129 Å². The first-order valence-corrected chi connectivity index (χ1v) is 14.1. The molecule has 0 aromatic rings. The van der Waals surface area contributed by atoms with Crippen LogP contribution in [0.1, 0.15) is 126 Å². The van der Waals surface area contributed by atoms with E-state index in [-0.39, 0.29) is 0 Å². The minimum Gasteiger partial charge on any atom is -0.390 e. The second kappa shape index (κ2) is 7.86. The lowest BCUT2D eigenvalue weighted by Gasteiger charge is -2.69. The summed E-state index contributed by atoms with van der Waals surface area (Å²) in [6.07, 6.45) is 14.4. The van der Waals surface area contributed by atoms with Crippen molar-refractivity contribution in [3.8, 4) is 0 Å². The molecule has 0 aliphatic heterocycles. The van der Waals surface area contributed by atoms with Crippen molar-refractivity contribution < 1.29 is 5.11 Å². The summed E-state index contributed by atoms with van der Waals surface area (Å²) in [5, 5.41) is 11.8. The van der Waals surface area contributed by atoms with Crippen molar-refractivity contribution >= 4 is 0 Å². The van der Waals surface area contributed by atoms with Crippen LogP contribution in [-0.2, 0) is 0 Å². The number of aliphatic hydroxyl groups is 1. The van der Waals surface area contributed by atoms with Crippen molar-refractivity contribution in [2.24, 2.45) is 51.2 Å². The van der Waals surface area contributed by atoms with Crippen molar-refractivity contribution in [1.82, 2.24) is 0 Å². The number of fused-ring (bicyclic) bond motifs is 5. The molecule has 0 saturated heterocycles. The van der Waals surface area contributed by atoms with Gasteiger partial charge >= 0.3 is 0 Å². The molecule has 1 heteroatoms. The first-order chi connectivity index (χ1) is 14.7. The number of hydrogen-bond acceptors (Lipinski definition) is 1. The molecular weight excluding hydrogens is 388 g/mol. The van der Waals surface area contributed by atoms with Crippen molar-refractivity contribution in [1.29, 1.82) is 0 Å². The lowest BCUT2D eigenvalue weighted by molar-refractivity contribution is -0.208. The molecule has 4 fully saturated rings. The van der Waals surface area contributed by atoms with Crippen LogP contribution in [0.25, 0.3) is 0 Å². The molecule has 4 aliphatic carbocycles. The summed E-state index contributed by atoms with van der Waals surface area (Å²) in [6.45, 7) is 23.9. The lowest BCUT2D eigenvalue weighted by Crippen LogP contribution is -2.62. The Morgan fingerprint density at radius 1 is 0.938 bits per heavy atom. The van der Waals surface area contributed by atoms with Crippen molar-refractivity contribution in [2.45, 2.75) is 132 Å². The third-order valence-electron chi connectivity index (χ3n) is 12.9. The Kier molecular flexibility index (Phi) is 6.09. The van der Waals surface area contributed by atoms with Crippen LogP contribution < -0.4 is 0 Å². The van der Waals surface area contributed by atoms with Crippen LogP contribution in [0.3, 0.4) is 0 Å². The molecule has 1 nitrogen and oxygen atoms in total. The van der Waals surface area contributed by atoms with Crippen LogP contribution in [0.4, 0.5) is 0 Å². The lowest BCUT2D eigenvalue weighted by atomic mass is 9.35. The molecule has 0 amide bonds. The molecule has 184 valence electrons. The van der Waals surface area contributed by atoms with Gasteiger partial charge < -0.3 is 5.11 Å². The summed E-state index contributed by atoms with van der Waals surface area (Å²) >= 11 is 0. The van der Waals surface area contributed by atoms with E-state index in [9.17, 15) is 5.11 Å². The van der Waals surface area contributed by atoms with E-state index >= 15 is 0 Å². The summed E-state index contributed by atoms with van der Waals surface area (Å²) in [7, 11) is 0. The second-order valence-electron chi connectivity index (χ2n) is 14.8. The molecule has 0 aromatic carbocycles. The Balaban J connectivity index is 1.59. The van der Waals surface area contributed by atoms with Crippen LogP contribution >= 0.6 is 0 Å². The predicted octanol–water partition coefficient (Wildman–Crippen LogP) is 8.81. The fraction of sp³-hybridized carbons (Fsp3) is 0.935. The van der Waals surface area contributed by atoms with E-state index in [2.05, 4.69) is 62.0 Å². The average molecular weight is 443 g/mol. The SMILES string of the molecule is C=C(C)C(C)CC[C@@](C)(O)[C@H]1CC[C@]2(C)[C@@H]1CC[C@@H]1[C@@]3(C)CCCC(C)(C)[C@@H]3CC[C@]12C. The highest BCUT2D eigenvalue weighted by atomic mass is 16.3. The molecule has 0 radical (unpaired) electrons. The van der Waals surface area contributed by atoms with E-state index in [1.54, 1.807) is 0 Å². The first-order valence-electron chi connectivity index (χ1n) is 14.1. The maximum Gasteiger partial charge on any atom is 0.0650 e. The van der Waals surface area contributed by atoms with Gasteiger partial charge in [0.25, 0.3) is 0 Å². The van der Waals surface area contributed by atoms with Gasteiger partial charge in [0.1, 0.15) is 0 Å². The van der Waals surface area contributed by atoms with E-state index in [4.69, 9.17) is 0 Å². The minimum absolute atomic E-state index is 0.389. The van der Waals surface area contributed by atoms with Crippen LogP contribution in [0.5, 0.6) is 0 Å². The first kappa shape index (κ1) is 24.8. The molecule has 0 spiro atoms. The largest absolute Gasteiger partial charge is 0.390 e. The van der Waals surface area contributed by atoms with Crippen LogP contribution in [0.2, 0.25) is 0 Å². The topological polar surface area (TPSA) is 20.2 Å². The fourth-order valence-corrected chi connectivity index (χ4v) is 10.5. The van der Waals surface area contributed by atoms with Gasteiger partial charge in [-0.15, -0.1) is 0 Å². The zero-order valence-corrected chi connectivity index (χ0v) is 22.8. The third kappa shape index (κ3) is 3.49. The normalized spacial score (nSPS) is 48.2. The van der Waals surface area contributed by atoms with Crippen molar-refractivity contribution in [3.05, 3.63) is 12.2 Å². The highest BCUT2D eigenvalue weighted by Gasteiger charge is 2.68. The van der Waals surface area contributed by atoms with E-state index in [1.807, 2.05) is 0 Å². The quantitative estimate of drug-likeness (QED) is 0.422. The van der Waals surface area contributed by atoms with Gasteiger partial charge in [0, 0.05) is 0 Å². The van der Waals surface area contributed by atoms with Gasteiger partial charge in [-0.3, -0.25) is 0 Å². The number of allylic oxidation sites excluding steroid dienone is 1. The molecule has 0 aromatic heterocycles. The summed E-state index contributed by atoms with van der Waals surface area (Å²) in [5.41, 5.74) is 2.56. The molecule has 0 bridgehead atoms. The van der Waals surface area contributed by atoms with Gasteiger partial charge in [0.15, 0.2) is 0 Å². The predicted molar refractivity (Wildman–Crippen MR) is 137 cm³/mol. The molecular formula is C31H54O. The maximum absolute atomic E-state index is 11.8. The van der Waals surface area contributed by atoms with Crippen LogP contribution in [-0.4, -0.2) is 10.7 Å². The summed E-state index contributed by atoms with van der Waals surface area (Å²) in [6, 6.07) is 0. The molecule has 32 heavy (non-hydrogen) atoms. The zero-order chi connectivity index (χ0) is 23.7. The van der Waals surface area contributed by atoms with Crippen molar-refractivity contribution in [2.75, 3.05) is 0 Å². The third-order valence-corrected chi connectivity index (χ3v) is 12.9. The Bertz CT molecular complexity index is 733. The second-order valence-corrected chi connectivity index (χ2v) is 14.8. The molecule has 4 saturated carbocycles. The van der Waals surface area contributed by atoms with E-state index in [0.29, 0.717) is 39.4 Å². The highest BCUT2D eigenvalue weighted by molar-refractivity contribution is 5.17. The smallest absolute Gasteiger partial charge is 0.0650 e. The molecule has 0 heterocycles. The Morgan fingerprint density at radius 2 is 1.59 bits per heavy atom. The van der Waals surface area contributed by atoms with Gasteiger partial charge in [-0.1, -0.05) is 60.1 Å². The highest BCUT2D eigenvalue weighted by Crippen LogP contribution is 2.75. The molecule has 4 aliphatic rings.